The predicted molar refractivity (Wildman–Crippen MR) is 137 cm³/mol. The van der Waals surface area contributed by atoms with Crippen molar-refractivity contribution in [2.24, 2.45) is 0 Å². The minimum Gasteiger partial charge on any atom is -0.497 e. The summed E-state index contributed by atoms with van der Waals surface area (Å²) in [5.41, 5.74) is 2.19. The molecule has 5 rings (SSSR count). The van der Waals surface area contributed by atoms with Crippen LogP contribution in [0.5, 0.6) is 23.0 Å². The Balaban J connectivity index is 0.000000486. The molecular weight excluding hydrogens is 428 g/mol. The first-order valence-electron chi connectivity index (χ1n) is 11.5. The molecule has 0 amide bonds. The summed E-state index contributed by atoms with van der Waals surface area (Å²) < 4.78 is 27.2. The molecule has 4 aromatic rings. The molecule has 1 atom stereocenters. The zero-order valence-corrected chi connectivity index (χ0v) is 20.5. The maximum Gasteiger partial charge on any atom is 0.123 e. The van der Waals surface area contributed by atoms with E-state index in [0.717, 1.165) is 62.3 Å². The molecule has 0 spiro atoms. The van der Waals surface area contributed by atoms with E-state index in [2.05, 4.69) is 43.3 Å². The van der Waals surface area contributed by atoms with Gasteiger partial charge in [0.1, 0.15) is 23.0 Å². The summed E-state index contributed by atoms with van der Waals surface area (Å²) in [4.78, 5) is 0. The summed E-state index contributed by atoms with van der Waals surface area (Å²) >= 11 is 0. The molecule has 0 saturated carbocycles. The van der Waals surface area contributed by atoms with Gasteiger partial charge in [-0.25, -0.2) is 0 Å². The van der Waals surface area contributed by atoms with Crippen LogP contribution in [0, 0.1) is 0 Å². The van der Waals surface area contributed by atoms with Crippen molar-refractivity contribution < 1.29 is 23.7 Å². The Morgan fingerprint density at radius 2 is 1.12 bits per heavy atom. The molecule has 1 heterocycles. The number of fused-ring (bicyclic) bond motifs is 2. The van der Waals surface area contributed by atoms with Gasteiger partial charge in [0.2, 0.25) is 0 Å². The lowest BCUT2D eigenvalue weighted by molar-refractivity contribution is 0.403. The van der Waals surface area contributed by atoms with Gasteiger partial charge in [0, 0.05) is 17.5 Å². The highest BCUT2D eigenvalue weighted by Gasteiger charge is 2.18. The van der Waals surface area contributed by atoms with E-state index < -0.39 is 0 Å². The van der Waals surface area contributed by atoms with E-state index in [4.69, 9.17) is 23.7 Å². The standard InChI is InChI=1S/C25H24O4.C4H8O/c1-26-18-9-5-16-7-11-24(28-3)22(20(16)13-18)15-23-21-14-19(27-2)10-6-17(21)8-12-25(23)29-4;1-2-4-3-5-4/h5-14H,15H2,1-4H3;4H,2-3H2,1H3. The van der Waals surface area contributed by atoms with E-state index in [1.807, 2.05) is 24.3 Å². The van der Waals surface area contributed by atoms with Crippen LogP contribution < -0.4 is 18.9 Å². The molecule has 1 fully saturated rings. The van der Waals surface area contributed by atoms with Crippen LogP contribution in [0.25, 0.3) is 21.5 Å². The van der Waals surface area contributed by atoms with E-state index in [9.17, 15) is 0 Å². The smallest absolute Gasteiger partial charge is 0.123 e. The first-order valence-corrected chi connectivity index (χ1v) is 11.5. The largest absolute Gasteiger partial charge is 0.497 e. The number of methoxy groups -OCH3 is 4. The van der Waals surface area contributed by atoms with Crippen LogP contribution in [0.4, 0.5) is 0 Å². The fraction of sp³-hybridized carbons (Fsp3) is 0.310. The molecule has 0 bridgehead atoms. The van der Waals surface area contributed by atoms with E-state index in [0.29, 0.717) is 12.5 Å². The molecular formula is C29H32O5. The minimum atomic E-state index is 0.634. The third-order valence-corrected chi connectivity index (χ3v) is 6.25. The van der Waals surface area contributed by atoms with Crippen LogP contribution in [0.3, 0.4) is 0 Å². The highest BCUT2D eigenvalue weighted by molar-refractivity contribution is 5.92. The summed E-state index contributed by atoms with van der Waals surface area (Å²) in [6.07, 6.45) is 2.48. The van der Waals surface area contributed by atoms with Crippen molar-refractivity contribution in [3.63, 3.8) is 0 Å². The summed E-state index contributed by atoms with van der Waals surface area (Å²) in [5.74, 6) is 3.32. The lowest BCUT2D eigenvalue weighted by Crippen LogP contribution is -2.00. The number of hydrogen-bond donors (Lipinski definition) is 0. The molecule has 178 valence electrons. The number of ether oxygens (including phenoxy) is 5. The molecule has 1 aliphatic rings. The molecule has 0 aromatic heterocycles. The van der Waals surface area contributed by atoms with Crippen molar-refractivity contribution in [2.75, 3.05) is 35.0 Å². The van der Waals surface area contributed by atoms with Crippen molar-refractivity contribution in [1.82, 2.24) is 0 Å². The fourth-order valence-corrected chi connectivity index (χ4v) is 4.16. The lowest BCUT2D eigenvalue weighted by Gasteiger charge is -2.17. The molecule has 34 heavy (non-hydrogen) atoms. The first-order chi connectivity index (χ1) is 16.6. The Morgan fingerprint density at radius 1 is 0.676 bits per heavy atom. The zero-order chi connectivity index (χ0) is 24.1. The van der Waals surface area contributed by atoms with Gasteiger partial charge in [0.05, 0.1) is 41.2 Å². The molecule has 0 aliphatic carbocycles. The SMILES string of the molecule is CCC1CO1.COc1ccc2ccc(OC)c(Cc3c(OC)ccc4ccc(OC)cc34)c2c1. The van der Waals surface area contributed by atoms with Gasteiger partial charge in [-0.2, -0.15) is 0 Å². The normalized spacial score (nSPS) is 14.3. The highest BCUT2D eigenvalue weighted by Crippen LogP contribution is 2.37. The molecule has 0 N–H and O–H groups in total. The van der Waals surface area contributed by atoms with Crippen LogP contribution >= 0.6 is 0 Å². The van der Waals surface area contributed by atoms with Crippen molar-refractivity contribution in [3.8, 4) is 23.0 Å². The van der Waals surface area contributed by atoms with Gasteiger partial charge in [-0.05, 0) is 64.4 Å². The summed E-state index contributed by atoms with van der Waals surface area (Å²) in [5, 5.41) is 4.48. The fourth-order valence-electron chi connectivity index (χ4n) is 4.16. The van der Waals surface area contributed by atoms with Crippen LogP contribution in [0.1, 0.15) is 24.5 Å². The zero-order valence-electron chi connectivity index (χ0n) is 20.5. The van der Waals surface area contributed by atoms with Gasteiger partial charge in [-0.3, -0.25) is 0 Å². The summed E-state index contributed by atoms with van der Waals surface area (Å²) in [7, 11) is 6.77. The van der Waals surface area contributed by atoms with Crippen molar-refractivity contribution in [3.05, 3.63) is 71.8 Å². The van der Waals surface area contributed by atoms with Crippen LogP contribution in [0.15, 0.2) is 60.7 Å². The second-order valence-corrected chi connectivity index (χ2v) is 8.21. The van der Waals surface area contributed by atoms with Gasteiger partial charge < -0.3 is 23.7 Å². The van der Waals surface area contributed by atoms with E-state index >= 15 is 0 Å². The van der Waals surface area contributed by atoms with Crippen molar-refractivity contribution in [2.45, 2.75) is 25.9 Å². The number of epoxide rings is 1. The monoisotopic (exact) mass is 460 g/mol. The van der Waals surface area contributed by atoms with Crippen molar-refractivity contribution in [1.29, 1.82) is 0 Å². The van der Waals surface area contributed by atoms with E-state index in [-0.39, 0.29) is 0 Å². The van der Waals surface area contributed by atoms with Crippen molar-refractivity contribution >= 4 is 21.5 Å². The van der Waals surface area contributed by atoms with Crippen LogP contribution in [-0.4, -0.2) is 41.2 Å². The molecule has 0 radical (unpaired) electrons. The maximum atomic E-state index is 5.72. The van der Waals surface area contributed by atoms with Crippen LogP contribution in [-0.2, 0) is 11.2 Å². The Morgan fingerprint density at radius 3 is 1.44 bits per heavy atom. The van der Waals surface area contributed by atoms with E-state index in [1.165, 1.54) is 6.42 Å². The maximum absolute atomic E-state index is 5.72. The molecule has 1 unspecified atom stereocenters. The second kappa shape index (κ2) is 10.7. The predicted octanol–water partition coefficient (Wildman–Crippen LogP) is 6.41. The Bertz CT molecular complexity index is 1170. The average molecular weight is 461 g/mol. The van der Waals surface area contributed by atoms with Crippen LogP contribution in [0.2, 0.25) is 0 Å². The topological polar surface area (TPSA) is 49.5 Å². The van der Waals surface area contributed by atoms with Gasteiger partial charge in [-0.15, -0.1) is 0 Å². The van der Waals surface area contributed by atoms with Gasteiger partial charge in [-0.1, -0.05) is 31.2 Å². The quantitative estimate of drug-likeness (QED) is 0.298. The third-order valence-electron chi connectivity index (χ3n) is 6.25. The first kappa shape index (κ1) is 23.7. The minimum absolute atomic E-state index is 0.634. The van der Waals surface area contributed by atoms with Gasteiger partial charge in [0.25, 0.3) is 0 Å². The lowest BCUT2D eigenvalue weighted by atomic mass is 9.93. The van der Waals surface area contributed by atoms with Gasteiger partial charge in [0.15, 0.2) is 0 Å². The number of hydrogen-bond acceptors (Lipinski definition) is 5. The van der Waals surface area contributed by atoms with Gasteiger partial charge >= 0.3 is 0 Å². The van der Waals surface area contributed by atoms with E-state index in [1.54, 1.807) is 28.4 Å². The molecule has 5 heteroatoms. The Kier molecular flexibility index (Phi) is 7.43. The summed E-state index contributed by atoms with van der Waals surface area (Å²) in [6, 6.07) is 20.4. The molecule has 1 saturated heterocycles. The summed E-state index contributed by atoms with van der Waals surface area (Å²) in [6.45, 7) is 3.15. The third kappa shape index (κ3) is 5.05. The Hall–Kier alpha value is -3.44. The Labute approximate surface area is 201 Å². The second-order valence-electron chi connectivity index (χ2n) is 8.21. The molecule has 4 aromatic carbocycles. The average Bonchev–Trinajstić information content (AvgIpc) is 3.73. The number of rotatable bonds is 7. The number of benzene rings is 4. The highest BCUT2D eigenvalue weighted by atomic mass is 16.6. The molecule has 5 nitrogen and oxygen atoms in total. The molecule has 1 aliphatic heterocycles.